The highest BCUT2D eigenvalue weighted by Gasteiger charge is 2.13. The molecule has 1 aliphatic heterocycles. The molecule has 0 unspecified atom stereocenters. The van der Waals surface area contributed by atoms with Crippen molar-refractivity contribution < 1.29 is 4.79 Å². The molecule has 6 nitrogen and oxygen atoms in total. The van der Waals surface area contributed by atoms with Crippen molar-refractivity contribution in [3.63, 3.8) is 0 Å². The largest absolute Gasteiger partial charge is 0.355 e. The number of nitrogens with one attached hydrogen (secondary N) is 2. The maximum Gasteiger partial charge on any atom is 0.323 e. The molecular formula is C24H27N5O. The van der Waals surface area contributed by atoms with Crippen LogP contribution in [0.5, 0.6) is 0 Å². The Kier molecular flexibility index (Phi) is 5.93. The number of aryl methyl sites for hydroxylation is 2. The van der Waals surface area contributed by atoms with Crippen LogP contribution in [0.2, 0.25) is 0 Å². The van der Waals surface area contributed by atoms with Crippen LogP contribution in [-0.2, 0) is 0 Å². The third-order valence-corrected chi connectivity index (χ3v) is 5.41. The van der Waals surface area contributed by atoms with Gasteiger partial charge in [0.1, 0.15) is 0 Å². The topological polar surface area (TPSA) is 70.2 Å². The summed E-state index contributed by atoms with van der Waals surface area (Å²) in [5.74, 6) is 0.944. The number of aromatic nitrogens is 2. The molecule has 6 heteroatoms. The van der Waals surface area contributed by atoms with Gasteiger partial charge in [0.05, 0.1) is 5.69 Å². The standard InChI is InChI=1S/C24H27N5O/c1-17-6-7-18(2)22(16-17)26-24(30)25-20-10-8-19(9-11-20)21-12-13-23(28-27-21)29-14-4-3-5-15-29/h6-13,16H,3-5,14-15H2,1-2H3,(H2,25,26,30). The van der Waals surface area contributed by atoms with Crippen LogP contribution in [0, 0.1) is 13.8 Å². The third kappa shape index (κ3) is 4.76. The molecule has 3 aromatic rings. The molecule has 0 aliphatic carbocycles. The lowest BCUT2D eigenvalue weighted by Gasteiger charge is -2.27. The van der Waals surface area contributed by atoms with Crippen molar-refractivity contribution >= 4 is 23.2 Å². The molecule has 2 amide bonds. The minimum atomic E-state index is -0.262. The van der Waals surface area contributed by atoms with Gasteiger partial charge >= 0.3 is 6.03 Å². The van der Waals surface area contributed by atoms with Crippen LogP contribution in [0.4, 0.5) is 22.0 Å². The van der Waals surface area contributed by atoms with E-state index < -0.39 is 0 Å². The van der Waals surface area contributed by atoms with Crippen LogP contribution in [0.15, 0.2) is 54.6 Å². The molecular weight excluding hydrogens is 374 g/mol. The van der Waals surface area contributed by atoms with Crippen LogP contribution >= 0.6 is 0 Å². The number of anilines is 3. The molecule has 0 atom stereocenters. The zero-order valence-corrected chi connectivity index (χ0v) is 17.5. The number of benzene rings is 2. The molecule has 1 fully saturated rings. The van der Waals surface area contributed by atoms with Crippen molar-refractivity contribution in [1.29, 1.82) is 0 Å². The van der Waals surface area contributed by atoms with Gasteiger partial charge in [-0.05, 0) is 74.6 Å². The lowest BCUT2D eigenvalue weighted by atomic mass is 10.1. The summed E-state index contributed by atoms with van der Waals surface area (Å²) in [6, 6.07) is 17.4. The predicted molar refractivity (Wildman–Crippen MR) is 122 cm³/mol. The van der Waals surface area contributed by atoms with Crippen molar-refractivity contribution in [3.8, 4) is 11.3 Å². The number of carbonyl (C=O) groups excluding carboxylic acids is 1. The number of carbonyl (C=O) groups is 1. The number of amides is 2. The van der Waals surface area contributed by atoms with E-state index in [-0.39, 0.29) is 6.03 Å². The fourth-order valence-corrected chi connectivity index (χ4v) is 3.65. The number of hydrogen-bond donors (Lipinski definition) is 2. The van der Waals surface area contributed by atoms with E-state index in [0.717, 1.165) is 52.7 Å². The Morgan fingerprint density at radius 3 is 2.33 bits per heavy atom. The van der Waals surface area contributed by atoms with Gasteiger partial charge < -0.3 is 15.5 Å². The van der Waals surface area contributed by atoms with E-state index in [1.165, 1.54) is 19.3 Å². The second-order valence-corrected chi connectivity index (χ2v) is 7.80. The summed E-state index contributed by atoms with van der Waals surface area (Å²) in [7, 11) is 0. The second-order valence-electron chi connectivity index (χ2n) is 7.80. The molecule has 2 N–H and O–H groups in total. The molecule has 154 valence electrons. The summed E-state index contributed by atoms with van der Waals surface area (Å²) < 4.78 is 0. The first-order valence-electron chi connectivity index (χ1n) is 10.4. The second kappa shape index (κ2) is 8.95. The first-order chi connectivity index (χ1) is 14.6. The highest BCUT2D eigenvalue weighted by Crippen LogP contribution is 2.23. The summed E-state index contributed by atoms with van der Waals surface area (Å²) in [5.41, 5.74) is 5.45. The van der Waals surface area contributed by atoms with Crippen LogP contribution in [-0.4, -0.2) is 29.3 Å². The Hall–Kier alpha value is -3.41. The summed E-state index contributed by atoms with van der Waals surface area (Å²) in [5, 5.41) is 14.6. The van der Waals surface area contributed by atoms with Gasteiger partial charge in [-0.2, -0.15) is 0 Å². The van der Waals surface area contributed by atoms with E-state index in [1.807, 2.05) is 68.4 Å². The maximum atomic E-state index is 12.3. The first-order valence-corrected chi connectivity index (χ1v) is 10.4. The van der Waals surface area contributed by atoms with E-state index >= 15 is 0 Å². The molecule has 1 saturated heterocycles. The first kappa shape index (κ1) is 19.9. The van der Waals surface area contributed by atoms with E-state index in [4.69, 9.17) is 0 Å². The van der Waals surface area contributed by atoms with E-state index in [9.17, 15) is 4.79 Å². The van der Waals surface area contributed by atoms with Crippen LogP contribution in [0.3, 0.4) is 0 Å². The predicted octanol–water partition coefficient (Wildman–Crippen LogP) is 5.39. The Bertz CT molecular complexity index is 1010. The SMILES string of the molecule is Cc1ccc(C)c(NC(=O)Nc2ccc(-c3ccc(N4CCCCC4)nn3)cc2)c1. The minimum absolute atomic E-state index is 0.262. The molecule has 4 rings (SSSR count). The minimum Gasteiger partial charge on any atom is -0.355 e. The van der Waals surface area contributed by atoms with E-state index in [1.54, 1.807) is 0 Å². The van der Waals surface area contributed by atoms with Crippen molar-refractivity contribution in [1.82, 2.24) is 10.2 Å². The van der Waals surface area contributed by atoms with Gasteiger partial charge in [-0.3, -0.25) is 0 Å². The fraction of sp³-hybridized carbons (Fsp3) is 0.292. The monoisotopic (exact) mass is 401 g/mol. The third-order valence-electron chi connectivity index (χ3n) is 5.41. The number of urea groups is 1. The summed E-state index contributed by atoms with van der Waals surface area (Å²) in [6.07, 6.45) is 3.73. The lowest BCUT2D eigenvalue weighted by Crippen LogP contribution is -2.30. The normalized spacial score (nSPS) is 13.7. The quantitative estimate of drug-likeness (QED) is 0.614. The molecule has 0 saturated carbocycles. The van der Waals surface area contributed by atoms with Crippen molar-refractivity contribution in [2.24, 2.45) is 0 Å². The molecule has 30 heavy (non-hydrogen) atoms. The molecule has 0 bridgehead atoms. The molecule has 2 heterocycles. The Morgan fingerprint density at radius 1 is 0.867 bits per heavy atom. The van der Waals surface area contributed by atoms with Gasteiger partial charge in [-0.1, -0.05) is 24.3 Å². The van der Waals surface area contributed by atoms with Gasteiger partial charge in [0.25, 0.3) is 0 Å². The van der Waals surface area contributed by atoms with Gasteiger partial charge in [0.15, 0.2) is 5.82 Å². The summed E-state index contributed by atoms with van der Waals surface area (Å²) in [4.78, 5) is 14.6. The van der Waals surface area contributed by atoms with E-state index in [2.05, 4.69) is 25.7 Å². The molecule has 1 aliphatic rings. The van der Waals surface area contributed by atoms with E-state index in [0.29, 0.717) is 0 Å². The lowest BCUT2D eigenvalue weighted by molar-refractivity contribution is 0.262. The summed E-state index contributed by atoms with van der Waals surface area (Å²) in [6.45, 7) is 6.09. The molecule has 1 aromatic heterocycles. The van der Waals surface area contributed by atoms with Gasteiger partial charge in [-0.15, -0.1) is 10.2 Å². The number of rotatable bonds is 4. The average Bonchev–Trinajstić information content (AvgIpc) is 2.77. The van der Waals surface area contributed by atoms with Crippen molar-refractivity contribution in [3.05, 3.63) is 65.7 Å². The van der Waals surface area contributed by atoms with Crippen LogP contribution in [0.25, 0.3) is 11.3 Å². The molecule has 0 radical (unpaired) electrons. The number of nitrogens with zero attached hydrogens (tertiary/aromatic N) is 3. The molecule has 2 aromatic carbocycles. The number of hydrogen-bond acceptors (Lipinski definition) is 4. The molecule has 0 spiro atoms. The smallest absolute Gasteiger partial charge is 0.323 e. The maximum absolute atomic E-state index is 12.3. The highest BCUT2D eigenvalue weighted by atomic mass is 16.2. The Labute approximate surface area is 177 Å². The fourth-order valence-electron chi connectivity index (χ4n) is 3.65. The van der Waals surface area contributed by atoms with Gasteiger partial charge in [-0.25, -0.2) is 4.79 Å². The van der Waals surface area contributed by atoms with Gasteiger partial charge in [0, 0.05) is 30.0 Å². The zero-order chi connectivity index (χ0) is 20.9. The van der Waals surface area contributed by atoms with Crippen molar-refractivity contribution in [2.45, 2.75) is 33.1 Å². The van der Waals surface area contributed by atoms with Gasteiger partial charge in [0.2, 0.25) is 0 Å². The van der Waals surface area contributed by atoms with Crippen molar-refractivity contribution in [2.75, 3.05) is 28.6 Å². The van der Waals surface area contributed by atoms with Crippen LogP contribution < -0.4 is 15.5 Å². The van der Waals surface area contributed by atoms with Crippen LogP contribution in [0.1, 0.15) is 30.4 Å². The summed E-state index contributed by atoms with van der Waals surface area (Å²) >= 11 is 0. The Morgan fingerprint density at radius 2 is 1.63 bits per heavy atom. The Balaban J connectivity index is 1.39. The average molecular weight is 402 g/mol. The zero-order valence-electron chi connectivity index (χ0n) is 17.5. The number of piperidine rings is 1. The highest BCUT2D eigenvalue weighted by molar-refractivity contribution is 6.00.